The minimum Gasteiger partial charge on any atom is -0.486 e. The molecule has 1 aliphatic rings. The van der Waals surface area contributed by atoms with E-state index in [0.29, 0.717) is 12.6 Å². The van der Waals surface area contributed by atoms with Crippen LogP contribution in [0.3, 0.4) is 0 Å². The molecule has 0 saturated heterocycles. The van der Waals surface area contributed by atoms with E-state index in [9.17, 15) is 0 Å². The molecule has 0 radical (unpaired) electrons. The van der Waals surface area contributed by atoms with Crippen molar-refractivity contribution in [1.82, 2.24) is 9.55 Å². The zero-order valence-electron chi connectivity index (χ0n) is 11.2. The fourth-order valence-corrected chi connectivity index (χ4v) is 2.34. The Labute approximate surface area is 113 Å². The summed E-state index contributed by atoms with van der Waals surface area (Å²) in [6.45, 7) is 4.87. The lowest BCUT2D eigenvalue weighted by atomic mass is 10.2. The SMILES string of the molecule is CC(C)n1ccnc1CC1COc2ccccc2O1. The molecule has 0 fully saturated rings. The Kier molecular flexibility index (Phi) is 3.15. The van der Waals surface area contributed by atoms with E-state index in [1.54, 1.807) is 0 Å². The van der Waals surface area contributed by atoms with E-state index in [1.165, 1.54) is 0 Å². The Morgan fingerprint density at radius 3 is 2.89 bits per heavy atom. The van der Waals surface area contributed by atoms with Gasteiger partial charge < -0.3 is 14.0 Å². The molecule has 1 aromatic carbocycles. The van der Waals surface area contributed by atoms with Gasteiger partial charge in [0.1, 0.15) is 18.5 Å². The van der Waals surface area contributed by atoms with Gasteiger partial charge in [-0.3, -0.25) is 0 Å². The summed E-state index contributed by atoms with van der Waals surface area (Å²) in [6, 6.07) is 8.19. The quantitative estimate of drug-likeness (QED) is 0.849. The van der Waals surface area contributed by atoms with Crippen molar-refractivity contribution in [3.8, 4) is 11.5 Å². The standard InChI is InChI=1S/C15H18N2O2/c1-11(2)17-8-7-16-15(17)9-12-10-18-13-5-3-4-6-14(13)19-12/h3-8,11-12H,9-10H2,1-2H3. The number of hydrogen-bond acceptors (Lipinski definition) is 3. The van der Waals surface area contributed by atoms with E-state index in [-0.39, 0.29) is 6.10 Å². The average Bonchev–Trinajstić information content (AvgIpc) is 2.87. The van der Waals surface area contributed by atoms with Crippen molar-refractivity contribution in [2.24, 2.45) is 0 Å². The van der Waals surface area contributed by atoms with E-state index >= 15 is 0 Å². The van der Waals surface area contributed by atoms with Crippen molar-refractivity contribution < 1.29 is 9.47 Å². The van der Waals surface area contributed by atoms with E-state index in [2.05, 4.69) is 23.4 Å². The summed E-state index contributed by atoms with van der Waals surface area (Å²) in [4.78, 5) is 4.41. The van der Waals surface area contributed by atoms with Crippen molar-refractivity contribution in [3.05, 3.63) is 42.5 Å². The number of hydrogen-bond donors (Lipinski definition) is 0. The van der Waals surface area contributed by atoms with Gasteiger partial charge in [-0.1, -0.05) is 12.1 Å². The van der Waals surface area contributed by atoms with Crippen LogP contribution in [0.1, 0.15) is 25.7 Å². The van der Waals surface area contributed by atoms with Gasteiger partial charge in [-0.05, 0) is 26.0 Å². The highest BCUT2D eigenvalue weighted by molar-refractivity contribution is 5.40. The van der Waals surface area contributed by atoms with E-state index in [4.69, 9.17) is 9.47 Å². The van der Waals surface area contributed by atoms with Crippen LogP contribution in [0.2, 0.25) is 0 Å². The molecule has 0 bridgehead atoms. The van der Waals surface area contributed by atoms with Crippen molar-refractivity contribution in [2.75, 3.05) is 6.61 Å². The van der Waals surface area contributed by atoms with Gasteiger partial charge in [0.05, 0.1) is 0 Å². The first kappa shape index (κ1) is 12.1. The van der Waals surface area contributed by atoms with Crippen LogP contribution in [0.25, 0.3) is 0 Å². The maximum Gasteiger partial charge on any atom is 0.161 e. The zero-order chi connectivity index (χ0) is 13.2. The fourth-order valence-electron chi connectivity index (χ4n) is 2.34. The Morgan fingerprint density at radius 2 is 2.11 bits per heavy atom. The predicted molar refractivity (Wildman–Crippen MR) is 72.7 cm³/mol. The lowest BCUT2D eigenvalue weighted by Gasteiger charge is -2.26. The summed E-state index contributed by atoms with van der Waals surface area (Å²) < 4.78 is 13.9. The van der Waals surface area contributed by atoms with Crippen LogP contribution in [-0.4, -0.2) is 22.3 Å². The molecule has 0 spiro atoms. The van der Waals surface area contributed by atoms with Crippen molar-refractivity contribution in [1.29, 1.82) is 0 Å². The minimum atomic E-state index is 0.0230. The molecule has 1 aliphatic heterocycles. The molecule has 0 amide bonds. The number of imidazole rings is 1. The zero-order valence-corrected chi connectivity index (χ0v) is 11.2. The summed E-state index contributed by atoms with van der Waals surface area (Å²) in [7, 11) is 0. The van der Waals surface area contributed by atoms with Gasteiger partial charge in [0.25, 0.3) is 0 Å². The average molecular weight is 258 g/mol. The number of ether oxygens (including phenoxy) is 2. The lowest BCUT2D eigenvalue weighted by molar-refractivity contribution is 0.0890. The highest BCUT2D eigenvalue weighted by atomic mass is 16.6. The molecule has 1 aromatic heterocycles. The van der Waals surface area contributed by atoms with Gasteiger partial charge in [-0.2, -0.15) is 0 Å². The largest absolute Gasteiger partial charge is 0.486 e. The van der Waals surface area contributed by atoms with E-state index in [1.807, 2.05) is 36.7 Å². The summed E-state index contributed by atoms with van der Waals surface area (Å²) in [5, 5.41) is 0. The molecule has 0 aliphatic carbocycles. The van der Waals surface area contributed by atoms with Gasteiger partial charge in [0, 0.05) is 24.9 Å². The first-order valence-electron chi connectivity index (χ1n) is 6.64. The summed E-state index contributed by atoms with van der Waals surface area (Å²) in [6.07, 6.45) is 4.64. The molecule has 3 rings (SSSR count). The predicted octanol–water partition coefficient (Wildman–Crippen LogP) is 2.85. The number of para-hydroxylation sites is 2. The van der Waals surface area contributed by atoms with Gasteiger partial charge >= 0.3 is 0 Å². The Balaban J connectivity index is 1.74. The molecule has 1 atom stereocenters. The highest BCUT2D eigenvalue weighted by Gasteiger charge is 2.22. The summed E-state index contributed by atoms with van der Waals surface area (Å²) in [5.41, 5.74) is 0. The first-order chi connectivity index (χ1) is 9.24. The molecule has 100 valence electrons. The number of fused-ring (bicyclic) bond motifs is 1. The van der Waals surface area contributed by atoms with Gasteiger partial charge in [-0.25, -0.2) is 4.98 Å². The third kappa shape index (κ3) is 2.43. The third-order valence-corrected chi connectivity index (χ3v) is 3.28. The molecule has 4 heteroatoms. The lowest BCUT2D eigenvalue weighted by Crippen LogP contribution is -2.32. The van der Waals surface area contributed by atoms with Gasteiger partial charge in [-0.15, -0.1) is 0 Å². The maximum absolute atomic E-state index is 5.96. The molecular formula is C15H18N2O2. The second-order valence-corrected chi connectivity index (χ2v) is 5.05. The monoisotopic (exact) mass is 258 g/mol. The first-order valence-corrected chi connectivity index (χ1v) is 6.64. The molecular weight excluding hydrogens is 240 g/mol. The molecule has 19 heavy (non-hydrogen) atoms. The van der Waals surface area contributed by atoms with E-state index < -0.39 is 0 Å². The van der Waals surface area contributed by atoms with Crippen LogP contribution in [-0.2, 0) is 6.42 Å². The maximum atomic E-state index is 5.96. The number of benzene rings is 1. The van der Waals surface area contributed by atoms with Crippen molar-refractivity contribution >= 4 is 0 Å². The minimum absolute atomic E-state index is 0.0230. The second-order valence-electron chi connectivity index (χ2n) is 5.05. The van der Waals surface area contributed by atoms with Crippen LogP contribution in [0, 0.1) is 0 Å². The highest BCUT2D eigenvalue weighted by Crippen LogP contribution is 2.31. The van der Waals surface area contributed by atoms with Crippen LogP contribution in [0.4, 0.5) is 0 Å². The van der Waals surface area contributed by atoms with Gasteiger partial charge in [0.15, 0.2) is 11.5 Å². The molecule has 2 heterocycles. The molecule has 2 aromatic rings. The third-order valence-electron chi connectivity index (χ3n) is 3.28. The number of aromatic nitrogens is 2. The van der Waals surface area contributed by atoms with Crippen molar-refractivity contribution in [2.45, 2.75) is 32.4 Å². The molecule has 0 saturated carbocycles. The molecule has 4 nitrogen and oxygen atoms in total. The molecule has 1 unspecified atom stereocenters. The van der Waals surface area contributed by atoms with Gasteiger partial charge in [0.2, 0.25) is 0 Å². The number of nitrogens with zero attached hydrogens (tertiary/aromatic N) is 2. The molecule has 0 N–H and O–H groups in total. The topological polar surface area (TPSA) is 36.3 Å². The van der Waals surface area contributed by atoms with Crippen molar-refractivity contribution in [3.63, 3.8) is 0 Å². The van der Waals surface area contributed by atoms with Crippen LogP contribution >= 0.6 is 0 Å². The Morgan fingerprint density at radius 1 is 1.32 bits per heavy atom. The second kappa shape index (κ2) is 4.96. The fraction of sp³-hybridized carbons (Fsp3) is 0.400. The smallest absolute Gasteiger partial charge is 0.161 e. The van der Waals surface area contributed by atoms with Crippen LogP contribution in [0.15, 0.2) is 36.7 Å². The summed E-state index contributed by atoms with van der Waals surface area (Å²) >= 11 is 0. The van der Waals surface area contributed by atoms with Crippen LogP contribution < -0.4 is 9.47 Å². The van der Waals surface area contributed by atoms with Crippen LogP contribution in [0.5, 0.6) is 11.5 Å². The Hall–Kier alpha value is -1.97. The summed E-state index contributed by atoms with van der Waals surface area (Å²) in [5.74, 6) is 2.69. The number of rotatable bonds is 3. The normalized spacial score (nSPS) is 17.7. The van der Waals surface area contributed by atoms with E-state index in [0.717, 1.165) is 23.7 Å². The Bertz CT molecular complexity index is 563.